The maximum atomic E-state index is 9.53. The first-order valence-corrected chi connectivity index (χ1v) is 6.44. The van der Waals surface area contributed by atoms with Gasteiger partial charge in [0.25, 0.3) is 0 Å². The summed E-state index contributed by atoms with van der Waals surface area (Å²) in [6.45, 7) is 4.96. The molecule has 0 bridgehead atoms. The van der Waals surface area contributed by atoms with Gasteiger partial charge in [0.15, 0.2) is 0 Å². The first-order chi connectivity index (χ1) is 8.07. The molecule has 4 nitrogen and oxygen atoms in total. The molecule has 0 spiro atoms. The van der Waals surface area contributed by atoms with E-state index in [0.717, 1.165) is 25.1 Å². The number of aryl methyl sites for hydroxylation is 1. The number of imidazole rings is 1. The lowest BCUT2D eigenvalue weighted by atomic mass is 9.78. The molecule has 0 aromatic carbocycles. The second kappa shape index (κ2) is 4.69. The van der Waals surface area contributed by atoms with Gasteiger partial charge in [-0.15, -0.1) is 0 Å². The number of rotatable bonds is 3. The van der Waals surface area contributed by atoms with E-state index in [0.29, 0.717) is 12.5 Å². The third kappa shape index (κ3) is 2.32. The van der Waals surface area contributed by atoms with Gasteiger partial charge in [0.1, 0.15) is 11.4 Å². The van der Waals surface area contributed by atoms with Gasteiger partial charge in [0, 0.05) is 13.7 Å². The Morgan fingerprint density at radius 2 is 2.41 bits per heavy atom. The van der Waals surface area contributed by atoms with E-state index in [1.54, 1.807) is 6.20 Å². The Kier molecular flexibility index (Phi) is 3.43. The summed E-state index contributed by atoms with van der Waals surface area (Å²) in [5, 5.41) is 9.53. The van der Waals surface area contributed by atoms with E-state index in [9.17, 15) is 5.11 Å². The molecule has 1 saturated carbocycles. The molecule has 1 heterocycles. The van der Waals surface area contributed by atoms with Gasteiger partial charge < -0.3 is 14.4 Å². The average Bonchev–Trinajstić information content (AvgIpc) is 2.59. The first kappa shape index (κ1) is 12.4. The number of aromatic nitrogens is 2. The van der Waals surface area contributed by atoms with E-state index in [2.05, 4.69) is 11.9 Å². The van der Waals surface area contributed by atoms with Gasteiger partial charge >= 0.3 is 0 Å². The van der Waals surface area contributed by atoms with Crippen LogP contribution < -0.4 is 0 Å². The van der Waals surface area contributed by atoms with Crippen LogP contribution in [-0.2, 0) is 17.4 Å². The predicted octanol–water partition coefficient (Wildman–Crippen LogP) is 2.57. The van der Waals surface area contributed by atoms with Crippen molar-refractivity contribution in [1.82, 2.24) is 9.55 Å². The molecule has 0 saturated heterocycles. The number of nitrogens with zero attached hydrogens (tertiary/aromatic N) is 2. The van der Waals surface area contributed by atoms with Crippen LogP contribution in [0.25, 0.3) is 0 Å². The summed E-state index contributed by atoms with van der Waals surface area (Å²) in [4.78, 5) is 4.25. The van der Waals surface area contributed by atoms with E-state index in [1.807, 2.05) is 18.5 Å². The molecule has 2 unspecified atom stereocenters. The molecule has 1 fully saturated rings. The number of aromatic hydroxyl groups is 1. The lowest BCUT2D eigenvalue weighted by Crippen LogP contribution is -2.37. The number of hydrogen-bond acceptors (Lipinski definition) is 3. The maximum Gasteiger partial charge on any atom is 0.229 e. The van der Waals surface area contributed by atoms with Gasteiger partial charge in [-0.2, -0.15) is 4.98 Å². The quantitative estimate of drug-likeness (QED) is 0.880. The maximum absolute atomic E-state index is 9.53. The molecule has 96 valence electrons. The molecule has 17 heavy (non-hydrogen) atoms. The molecule has 1 N–H and O–H groups in total. The van der Waals surface area contributed by atoms with Crippen LogP contribution in [0.1, 0.15) is 45.4 Å². The van der Waals surface area contributed by atoms with E-state index in [1.165, 1.54) is 6.42 Å². The van der Waals surface area contributed by atoms with Crippen LogP contribution in [0, 0.1) is 5.92 Å². The summed E-state index contributed by atoms with van der Waals surface area (Å²) in [6, 6.07) is 0. The van der Waals surface area contributed by atoms with Gasteiger partial charge in [-0.3, -0.25) is 0 Å². The zero-order valence-electron chi connectivity index (χ0n) is 10.9. The molecule has 2 rings (SSSR count). The van der Waals surface area contributed by atoms with Crippen molar-refractivity contribution in [2.75, 3.05) is 6.61 Å². The number of hydrogen-bond donors (Lipinski definition) is 1. The molecule has 0 radical (unpaired) electrons. The minimum absolute atomic E-state index is 0.0832. The Morgan fingerprint density at radius 3 is 2.94 bits per heavy atom. The van der Waals surface area contributed by atoms with Crippen molar-refractivity contribution < 1.29 is 9.84 Å². The van der Waals surface area contributed by atoms with Crippen LogP contribution in [0.5, 0.6) is 5.88 Å². The predicted molar refractivity (Wildman–Crippen MR) is 65.8 cm³/mol. The summed E-state index contributed by atoms with van der Waals surface area (Å²) in [5.41, 5.74) is -0.303. The molecule has 1 aromatic heterocycles. The van der Waals surface area contributed by atoms with Gasteiger partial charge in [-0.25, -0.2) is 0 Å². The Labute approximate surface area is 103 Å². The summed E-state index contributed by atoms with van der Waals surface area (Å²) >= 11 is 0. The molecule has 1 aromatic rings. The summed E-state index contributed by atoms with van der Waals surface area (Å²) in [7, 11) is 1.92. The highest BCUT2D eigenvalue weighted by Gasteiger charge is 2.40. The third-order valence-electron chi connectivity index (χ3n) is 3.65. The topological polar surface area (TPSA) is 47.3 Å². The highest BCUT2D eigenvalue weighted by atomic mass is 16.5. The smallest absolute Gasteiger partial charge is 0.229 e. The molecule has 2 atom stereocenters. The highest BCUT2D eigenvalue weighted by molar-refractivity contribution is 5.15. The molecule has 4 heteroatoms. The van der Waals surface area contributed by atoms with Gasteiger partial charge in [0.05, 0.1) is 6.20 Å². The molecular formula is C13H22N2O2. The fourth-order valence-electron chi connectivity index (χ4n) is 3.05. The van der Waals surface area contributed by atoms with Crippen molar-refractivity contribution in [1.29, 1.82) is 0 Å². The van der Waals surface area contributed by atoms with Crippen molar-refractivity contribution in [3.8, 4) is 5.88 Å². The Bertz CT molecular complexity index is 385. The lowest BCUT2D eigenvalue weighted by molar-refractivity contribution is -0.0897. The zero-order chi connectivity index (χ0) is 12.5. The van der Waals surface area contributed by atoms with Crippen molar-refractivity contribution in [3.05, 3.63) is 12.0 Å². The third-order valence-corrected chi connectivity index (χ3v) is 3.65. The second-order valence-electron chi connectivity index (χ2n) is 5.16. The molecule has 0 amide bonds. The van der Waals surface area contributed by atoms with Crippen LogP contribution >= 0.6 is 0 Å². The molecule has 1 aliphatic rings. The molecule has 1 aliphatic carbocycles. The average molecular weight is 238 g/mol. The van der Waals surface area contributed by atoms with Crippen LogP contribution in [0.15, 0.2) is 6.20 Å². The Balaban J connectivity index is 2.36. The fraction of sp³-hybridized carbons (Fsp3) is 0.769. The van der Waals surface area contributed by atoms with Crippen molar-refractivity contribution >= 4 is 0 Å². The largest absolute Gasteiger partial charge is 0.492 e. The fourth-order valence-corrected chi connectivity index (χ4v) is 3.05. The second-order valence-corrected chi connectivity index (χ2v) is 5.16. The Hall–Kier alpha value is -1.03. The minimum atomic E-state index is -0.303. The number of ether oxygens (including phenoxy) is 1. The summed E-state index contributed by atoms with van der Waals surface area (Å²) in [5.74, 6) is 1.59. The lowest BCUT2D eigenvalue weighted by Gasteiger charge is -2.39. The van der Waals surface area contributed by atoms with Gasteiger partial charge in [0.2, 0.25) is 5.88 Å². The molecular weight excluding hydrogens is 216 g/mol. The van der Waals surface area contributed by atoms with E-state index < -0.39 is 0 Å². The SMILES string of the molecule is CCOC1(c2nc(O)cn2C)CCCC(C)C1. The molecule has 0 aliphatic heterocycles. The van der Waals surface area contributed by atoms with Crippen molar-refractivity contribution in [3.63, 3.8) is 0 Å². The minimum Gasteiger partial charge on any atom is -0.492 e. The monoisotopic (exact) mass is 238 g/mol. The van der Waals surface area contributed by atoms with Crippen LogP contribution in [-0.4, -0.2) is 21.3 Å². The van der Waals surface area contributed by atoms with Gasteiger partial charge in [-0.1, -0.05) is 13.3 Å². The van der Waals surface area contributed by atoms with Crippen molar-refractivity contribution in [2.45, 2.75) is 45.1 Å². The van der Waals surface area contributed by atoms with Crippen LogP contribution in [0.4, 0.5) is 0 Å². The van der Waals surface area contributed by atoms with Crippen LogP contribution in [0.2, 0.25) is 0 Å². The van der Waals surface area contributed by atoms with E-state index in [-0.39, 0.29) is 11.5 Å². The van der Waals surface area contributed by atoms with Crippen molar-refractivity contribution in [2.24, 2.45) is 13.0 Å². The van der Waals surface area contributed by atoms with E-state index >= 15 is 0 Å². The van der Waals surface area contributed by atoms with E-state index in [4.69, 9.17) is 4.74 Å². The standard InChI is InChI=1S/C13H22N2O2/c1-4-17-13(7-5-6-10(2)8-13)12-14-11(16)9-15(12)3/h9-10,16H,4-8H2,1-3H3. The summed E-state index contributed by atoms with van der Waals surface area (Å²) < 4.78 is 7.92. The zero-order valence-corrected chi connectivity index (χ0v) is 10.9. The van der Waals surface area contributed by atoms with Gasteiger partial charge in [-0.05, 0) is 32.1 Å². The normalized spacial score (nSPS) is 29.5. The summed E-state index contributed by atoms with van der Waals surface area (Å²) in [6.07, 6.45) is 6.05. The first-order valence-electron chi connectivity index (χ1n) is 6.44. The van der Waals surface area contributed by atoms with Crippen LogP contribution in [0.3, 0.4) is 0 Å². The highest BCUT2D eigenvalue weighted by Crippen LogP contribution is 2.42. The Morgan fingerprint density at radius 1 is 1.65 bits per heavy atom.